The fraction of sp³-hybridized carbons (Fsp3) is 0.474. The summed E-state index contributed by atoms with van der Waals surface area (Å²) in [6.07, 6.45) is 3.00. The zero-order chi connectivity index (χ0) is 19.4. The van der Waals surface area contributed by atoms with E-state index in [2.05, 4.69) is 10.1 Å². The summed E-state index contributed by atoms with van der Waals surface area (Å²) >= 11 is 0. The first-order valence-corrected chi connectivity index (χ1v) is 9.23. The van der Waals surface area contributed by atoms with E-state index in [0.29, 0.717) is 44.2 Å². The van der Waals surface area contributed by atoms with Crippen LogP contribution in [-0.2, 0) is 4.74 Å². The van der Waals surface area contributed by atoms with Crippen LogP contribution < -0.4 is 0 Å². The van der Waals surface area contributed by atoms with Crippen molar-refractivity contribution in [3.63, 3.8) is 0 Å². The monoisotopic (exact) mass is 371 g/mol. The van der Waals surface area contributed by atoms with Gasteiger partial charge in [-0.25, -0.2) is 14.5 Å². The first-order chi connectivity index (χ1) is 13.0. The number of piperazine rings is 1. The Morgan fingerprint density at radius 1 is 1.15 bits per heavy atom. The quantitative estimate of drug-likeness (QED) is 0.824. The average molecular weight is 371 g/mol. The second-order valence-corrected chi connectivity index (χ2v) is 6.68. The Morgan fingerprint density at radius 2 is 1.85 bits per heavy atom. The average Bonchev–Trinajstić information content (AvgIpc) is 3.14. The largest absolute Gasteiger partial charge is 0.450 e. The van der Waals surface area contributed by atoms with E-state index in [1.807, 2.05) is 32.0 Å². The minimum Gasteiger partial charge on any atom is -0.450 e. The maximum atomic E-state index is 13.1. The van der Waals surface area contributed by atoms with Crippen molar-refractivity contribution in [1.82, 2.24) is 24.6 Å². The van der Waals surface area contributed by atoms with Crippen LogP contribution in [0.2, 0.25) is 0 Å². The van der Waals surface area contributed by atoms with Crippen molar-refractivity contribution in [2.75, 3.05) is 32.8 Å². The number of rotatable bonds is 4. The number of amides is 2. The predicted octanol–water partition coefficient (Wildman–Crippen LogP) is 2.31. The van der Waals surface area contributed by atoms with Gasteiger partial charge in [-0.2, -0.15) is 5.10 Å². The Kier molecular flexibility index (Phi) is 5.73. The second-order valence-electron chi connectivity index (χ2n) is 6.68. The van der Waals surface area contributed by atoms with Gasteiger partial charge in [0.2, 0.25) is 0 Å². The lowest BCUT2D eigenvalue weighted by molar-refractivity contribution is 0.0569. The molecule has 1 saturated heterocycles. The number of ether oxygens (including phenoxy) is 1. The van der Waals surface area contributed by atoms with Crippen LogP contribution in [0.15, 0.2) is 30.6 Å². The molecule has 1 aliphatic heterocycles. The van der Waals surface area contributed by atoms with Gasteiger partial charge >= 0.3 is 6.09 Å². The molecule has 2 aromatic rings. The Balaban J connectivity index is 1.78. The molecule has 3 rings (SSSR count). The molecule has 1 fully saturated rings. The van der Waals surface area contributed by atoms with Crippen LogP contribution in [-0.4, -0.2) is 69.4 Å². The highest BCUT2D eigenvalue weighted by Gasteiger charge is 2.29. The lowest BCUT2D eigenvalue weighted by Crippen LogP contribution is -2.50. The maximum Gasteiger partial charge on any atom is 0.409 e. The maximum absolute atomic E-state index is 13.1. The number of pyridine rings is 1. The summed E-state index contributed by atoms with van der Waals surface area (Å²) in [5, 5.41) is 4.41. The normalized spacial score (nSPS) is 14.5. The van der Waals surface area contributed by atoms with E-state index in [-0.39, 0.29) is 17.9 Å². The third-order valence-electron chi connectivity index (χ3n) is 4.54. The summed E-state index contributed by atoms with van der Waals surface area (Å²) in [6, 6.07) is 5.60. The Hall–Kier alpha value is -2.90. The molecule has 8 heteroatoms. The number of carbonyl (C=O) groups is 2. The summed E-state index contributed by atoms with van der Waals surface area (Å²) in [7, 11) is 0. The molecule has 1 aliphatic rings. The topological polar surface area (TPSA) is 80.6 Å². The summed E-state index contributed by atoms with van der Waals surface area (Å²) in [5.74, 6) is 0.728. The zero-order valence-electron chi connectivity index (χ0n) is 16.0. The third kappa shape index (κ3) is 3.94. The van der Waals surface area contributed by atoms with E-state index in [1.54, 1.807) is 33.8 Å². The second kappa shape index (κ2) is 8.20. The van der Waals surface area contributed by atoms with Gasteiger partial charge in [0, 0.05) is 32.4 Å². The van der Waals surface area contributed by atoms with E-state index in [9.17, 15) is 9.59 Å². The highest BCUT2D eigenvalue weighted by molar-refractivity contribution is 5.95. The van der Waals surface area contributed by atoms with Crippen molar-refractivity contribution in [3.05, 3.63) is 41.9 Å². The highest BCUT2D eigenvalue weighted by atomic mass is 16.6. The molecule has 144 valence electrons. The van der Waals surface area contributed by atoms with Crippen LogP contribution in [0.25, 0.3) is 5.82 Å². The van der Waals surface area contributed by atoms with Gasteiger partial charge in [0.25, 0.3) is 5.91 Å². The lowest BCUT2D eigenvalue weighted by Gasteiger charge is -2.34. The van der Waals surface area contributed by atoms with E-state index in [0.717, 1.165) is 5.69 Å². The van der Waals surface area contributed by atoms with Crippen LogP contribution in [0.3, 0.4) is 0 Å². The molecular weight excluding hydrogens is 346 g/mol. The molecule has 0 atom stereocenters. The Morgan fingerprint density at radius 3 is 2.44 bits per heavy atom. The molecule has 3 heterocycles. The molecule has 0 spiro atoms. The van der Waals surface area contributed by atoms with Gasteiger partial charge < -0.3 is 14.5 Å². The minimum absolute atomic E-state index is 0.0654. The number of carbonyl (C=O) groups excluding carboxylic acids is 2. The van der Waals surface area contributed by atoms with E-state index >= 15 is 0 Å². The van der Waals surface area contributed by atoms with Crippen LogP contribution >= 0.6 is 0 Å². The van der Waals surface area contributed by atoms with Crippen LogP contribution in [0.4, 0.5) is 4.79 Å². The lowest BCUT2D eigenvalue weighted by atomic mass is 10.0. The van der Waals surface area contributed by atoms with Crippen molar-refractivity contribution in [2.45, 2.75) is 26.7 Å². The summed E-state index contributed by atoms with van der Waals surface area (Å²) in [5.41, 5.74) is 1.42. The number of hydrogen-bond acceptors (Lipinski definition) is 5. The fourth-order valence-electron chi connectivity index (χ4n) is 3.22. The number of nitrogens with zero attached hydrogens (tertiary/aromatic N) is 5. The van der Waals surface area contributed by atoms with Crippen LogP contribution in [0.5, 0.6) is 0 Å². The standard InChI is InChI=1S/C19H25N5O3/c1-4-27-19(26)23-11-9-22(10-12-23)18(25)15-13-21-24(17(15)14(2)3)16-7-5-6-8-20-16/h5-8,13-14H,4,9-12H2,1-3H3. The SMILES string of the molecule is CCOC(=O)N1CCN(C(=O)c2cnn(-c3ccccn3)c2C(C)C)CC1. The minimum atomic E-state index is -0.324. The number of aromatic nitrogens is 3. The zero-order valence-corrected chi connectivity index (χ0v) is 16.0. The number of hydrogen-bond donors (Lipinski definition) is 0. The van der Waals surface area contributed by atoms with Gasteiger partial charge in [0.1, 0.15) is 0 Å². The van der Waals surface area contributed by atoms with Crippen molar-refractivity contribution in [2.24, 2.45) is 0 Å². The van der Waals surface area contributed by atoms with Crippen molar-refractivity contribution in [3.8, 4) is 5.82 Å². The molecule has 0 radical (unpaired) electrons. The van der Waals surface area contributed by atoms with Gasteiger partial charge in [-0.3, -0.25) is 4.79 Å². The van der Waals surface area contributed by atoms with Gasteiger partial charge in [0.05, 0.1) is 24.1 Å². The molecule has 0 aliphatic carbocycles. The van der Waals surface area contributed by atoms with Crippen molar-refractivity contribution < 1.29 is 14.3 Å². The summed E-state index contributed by atoms with van der Waals surface area (Å²) in [6.45, 7) is 8.09. The third-order valence-corrected chi connectivity index (χ3v) is 4.54. The predicted molar refractivity (Wildman–Crippen MR) is 99.9 cm³/mol. The first kappa shape index (κ1) is 18.9. The molecule has 0 aromatic carbocycles. The van der Waals surface area contributed by atoms with Gasteiger partial charge in [-0.05, 0) is 25.0 Å². The molecule has 0 unspecified atom stereocenters. The van der Waals surface area contributed by atoms with Gasteiger partial charge in [-0.15, -0.1) is 0 Å². The van der Waals surface area contributed by atoms with E-state index < -0.39 is 0 Å². The Labute approximate surface area is 158 Å². The summed E-state index contributed by atoms with van der Waals surface area (Å²) < 4.78 is 6.76. The van der Waals surface area contributed by atoms with Crippen molar-refractivity contribution >= 4 is 12.0 Å². The molecule has 27 heavy (non-hydrogen) atoms. The highest BCUT2D eigenvalue weighted by Crippen LogP contribution is 2.24. The molecule has 0 saturated carbocycles. The smallest absolute Gasteiger partial charge is 0.409 e. The fourth-order valence-corrected chi connectivity index (χ4v) is 3.22. The molecule has 8 nitrogen and oxygen atoms in total. The summed E-state index contributed by atoms with van der Waals surface area (Å²) in [4.78, 5) is 32.7. The molecule has 0 bridgehead atoms. The molecule has 0 N–H and O–H groups in total. The molecule has 2 aromatic heterocycles. The van der Waals surface area contributed by atoms with E-state index in [1.165, 1.54) is 0 Å². The van der Waals surface area contributed by atoms with Gasteiger partial charge in [0.15, 0.2) is 5.82 Å². The van der Waals surface area contributed by atoms with Crippen molar-refractivity contribution in [1.29, 1.82) is 0 Å². The Bertz CT molecular complexity index is 795. The van der Waals surface area contributed by atoms with Gasteiger partial charge in [-0.1, -0.05) is 19.9 Å². The van der Waals surface area contributed by atoms with Crippen LogP contribution in [0, 0.1) is 0 Å². The van der Waals surface area contributed by atoms with E-state index in [4.69, 9.17) is 4.74 Å². The van der Waals surface area contributed by atoms with Crippen LogP contribution in [0.1, 0.15) is 42.7 Å². The first-order valence-electron chi connectivity index (χ1n) is 9.23. The molecule has 2 amide bonds. The molecular formula is C19H25N5O3.